The fraction of sp³-hybridized carbons (Fsp3) is 0.217. The van der Waals surface area contributed by atoms with Crippen LogP contribution in [0.1, 0.15) is 46.8 Å². The molecule has 0 fully saturated rings. The molecule has 0 atom stereocenters. The van der Waals surface area contributed by atoms with E-state index in [1.54, 1.807) is 17.5 Å². The second-order valence-corrected chi connectivity index (χ2v) is 10.1. The van der Waals surface area contributed by atoms with Crippen LogP contribution in [-0.4, -0.2) is 10.5 Å². The van der Waals surface area contributed by atoms with Crippen LogP contribution in [0, 0.1) is 0 Å². The molecule has 0 unspecified atom stereocenters. The standard InChI is InChI=1S/C23H16F6N2O2S2/c1-11(2)12-3-5-16(6-4-12)31-17-10-34-35-19(17)18(21(31)33)30-20(32)13-7-14(22(24,25)26)9-15(8-13)23(27,28)29/h3-11H,1-2H3,(H,30,32). The van der Waals surface area contributed by atoms with Gasteiger partial charge in [-0.25, -0.2) is 0 Å². The highest BCUT2D eigenvalue weighted by molar-refractivity contribution is 7.70. The van der Waals surface area contributed by atoms with E-state index in [2.05, 4.69) is 5.32 Å². The van der Waals surface area contributed by atoms with Crippen LogP contribution in [0.25, 0.3) is 16.3 Å². The van der Waals surface area contributed by atoms with Crippen molar-refractivity contribution < 1.29 is 31.1 Å². The summed E-state index contributed by atoms with van der Waals surface area (Å²) in [6, 6.07) is 7.74. The summed E-state index contributed by atoms with van der Waals surface area (Å²) in [6.07, 6.45) is -10.2. The predicted molar refractivity (Wildman–Crippen MR) is 123 cm³/mol. The molecule has 2 aromatic carbocycles. The van der Waals surface area contributed by atoms with E-state index in [0.29, 0.717) is 28.4 Å². The molecular weight excluding hydrogens is 514 g/mol. The van der Waals surface area contributed by atoms with E-state index in [9.17, 15) is 35.9 Å². The number of carbonyl (C=O) groups is 1. The van der Waals surface area contributed by atoms with E-state index in [4.69, 9.17) is 0 Å². The third-order valence-electron chi connectivity index (χ3n) is 5.32. The number of benzene rings is 2. The summed E-state index contributed by atoms with van der Waals surface area (Å²) in [7, 11) is 2.42. The number of alkyl halides is 6. The summed E-state index contributed by atoms with van der Waals surface area (Å²) >= 11 is 0. The van der Waals surface area contributed by atoms with Crippen molar-refractivity contribution in [3.8, 4) is 16.3 Å². The third kappa shape index (κ3) is 4.85. The molecule has 4 nitrogen and oxygen atoms in total. The Morgan fingerprint density at radius 2 is 1.51 bits per heavy atom. The zero-order valence-corrected chi connectivity index (χ0v) is 19.7. The van der Waals surface area contributed by atoms with Crippen molar-refractivity contribution in [1.82, 2.24) is 4.57 Å². The minimum Gasteiger partial charge on any atom is -0.316 e. The first-order valence-electron chi connectivity index (χ1n) is 10.1. The molecule has 0 radical (unpaired) electrons. The van der Waals surface area contributed by atoms with Crippen LogP contribution in [0.4, 0.5) is 32.0 Å². The molecule has 0 aliphatic carbocycles. The molecule has 0 spiro atoms. The fourth-order valence-electron chi connectivity index (χ4n) is 3.50. The van der Waals surface area contributed by atoms with Crippen LogP contribution >= 0.6 is 20.7 Å². The van der Waals surface area contributed by atoms with Gasteiger partial charge in [0, 0.05) is 16.6 Å². The number of fused-ring (bicyclic) bond motifs is 1. The summed E-state index contributed by atoms with van der Waals surface area (Å²) in [5, 5.41) is 3.92. The number of carbonyl (C=O) groups excluding carboxylic acids is 1. The minimum atomic E-state index is -5.10. The van der Waals surface area contributed by atoms with Gasteiger partial charge in [0.05, 0.1) is 21.7 Å². The maximum Gasteiger partial charge on any atom is 0.416 e. The number of nitrogens with zero attached hydrogens (tertiary/aromatic N) is 1. The van der Waals surface area contributed by atoms with Crippen LogP contribution in [0.5, 0.6) is 0 Å². The molecule has 2 heterocycles. The lowest BCUT2D eigenvalue weighted by Crippen LogP contribution is -2.22. The number of rotatable bonds is 4. The average Bonchev–Trinajstić information content (AvgIpc) is 3.34. The summed E-state index contributed by atoms with van der Waals surface area (Å²) in [5.41, 5.74) is -2.95. The van der Waals surface area contributed by atoms with Gasteiger partial charge in [0.1, 0.15) is 5.69 Å². The number of halogens is 6. The monoisotopic (exact) mass is 530 g/mol. The van der Waals surface area contributed by atoms with Gasteiger partial charge in [0.2, 0.25) is 0 Å². The summed E-state index contributed by atoms with van der Waals surface area (Å²) in [6.45, 7) is 4.02. The average molecular weight is 531 g/mol. The fourth-order valence-corrected chi connectivity index (χ4v) is 5.71. The molecule has 0 bridgehead atoms. The highest BCUT2D eigenvalue weighted by atomic mass is 32.9. The highest BCUT2D eigenvalue weighted by Gasteiger charge is 2.38. The van der Waals surface area contributed by atoms with Crippen molar-refractivity contribution in [1.29, 1.82) is 0 Å². The van der Waals surface area contributed by atoms with Crippen molar-refractivity contribution in [2.45, 2.75) is 32.1 Å². The van der Waals surface area contributed by atoms with Crippen molar-refractivity contribution in [3.63, 3.8) is 0 Å². The van der Waals surface area contributed by atoms with Gasteiger partial charge in [-0.15, -0.1) is 0 Å². The Morgan fingerprint density at radius 1 is 0.943 bits per heavy atom. The van der Waals surface area contributed by atoms with Gasteiger partial charge in [-0.2, -0.15) is 26.3 Å². The van der Waals surface area contributed by atoms with E-state index in [1.165, 1.54) is 14.9 Å². The number of hydrogen-bond donors (Lipinski definition) is 1. The lowest BCUT2D eigenvalue weighted by atomic mass is 10.0. The maximum absolute atomic E-state index is 13.2. The van der Waals surface area contributed by atoms with Gasteiger partial charge in [-0.1, -0.05) is 46.7 Å². The molecule has 0 saturated heterocycles. The van der Waals surface area contributed by atoms with Crippen LogP contribution < -0.4 is 10.9 Å². The Labute approximate surface area is 202 Å². The Kier molecular flexibility index (Phi) is 6.30. The van der Waals surface area contributed by atoms with Crippen molar-refractivity contribution in [2.75, 3.05) is 5.32 Å². The van der Waals surface area contributed by atoms with Crippen LogP contribution in [-0.2, 0) is 12.4 Å². The molecule has 4 rings (SSSR count). The van der Waals surface area contributed by atoms with E-state index >= 15 is 0 Å². The number of nitrogens with one attached hydrogen (secondary N) is 1. The summed E-state index contributed by atoms with van der Waals surface area (Å²) < 4.78 is 80.4. The largest absolute Gasteiger partial charge is 0.416 e. The van der Waals surface area contributed by atoms with Crippen LogP contribution in [0.2, 0.25) is 0 Å². The lowest BCUT2D eigenvalue weighted by molar-refractivity contribution is -0.143. The first-order valence-corrected chi connectivity index (χ1v) is 12.3. The topological polar surface area (TPSA) is 51.1 Å². The zero-order chi connectivity index (χ0) is 25.7. The Balaban J connectivity index is 1.76. The highest BCUT2D eigenvalue weighted by Crippen LogP contribution is 2.40. The van der Waals surface area contributed by atoms with E-state index < -0.39 is 40.5 Å². The van der Waals surface area contributed by atoms with Gasteiger partial charge in [-0.3, -0.25) is 14.2 Å². The predicted octanol–water partition coefficient (Wildman–Crippen LogP) is 7.48. The maximum atomic E-state index is 13.2. The van der Waals surface area contributed by atoms with E-state index in [1.807, 2.05) is 26.0 Å². The second-order valence-electron chi connectivity index (χ2n) is 8.02. The molecule has 12 heteroatoms. The van der Waals surface area contributed by atoms with Gasteiger partial charge >= 0.3 is 12.4 Å². The quantitative estimate of drug-likeness (QED) is 0.220. The number of anilines is 1. The van der Waals surface area contributed by atoms with Gasteiger partial charge in [0.25, 0.3) is 11.5 Å². The molecule has 184 valence electrons. The zero-order valence-electron chi connectivity index (χ0n) is 18.0. The van der Waals surface area contributed by atoms with Crippen molar-refractivity contribution in [3.05, 3.63) is 80.5 Å². The number of aromatic nitrogens is 1. The molecule has 2 aliphatic heterocycles. The summed E-state index contributed by atoms with van der Waals surface area (Å²) in [4.78, 5) is 26.3. The molecule has 1 amide bonds. The Bertz CT molecular complexity index is 1380. The molecule has 0 aromatic heterocycles. The van der Waals surface area contributed by atoms with E-state index in [0.717, 1.165) is 15.9 Å². The van der Waals surface area contributed by atoms with E-state index in [-0.39, 0.29) is 17.7 Å². The summed E-state index contributed by atoms with van der Waals surface area (Å²) in [5.74, 6) is -1.00. The second kappa shape index (κ2) is 8.83. The Morgan fingerprint density at radius 3 is 2.03 bits per heavy atom. The third-order valence-corrected chi connectivity index (χ3v) is 7.39. The Hall–Kier alpha value is -3.12. The first-order chi connectivity index (χ1) is 16.3. The molecular formula is C23H16F6N2O2S2. The molecule has 2 aliphatic rings. The molecule has 35 heavy (non-hydrogen) atoms. The normalized spacial score (nSPS) is 12.5. The number of hydrogen-bond acceptors (Lipinski definition) is 4. The van der Waals surface area contributed by atoms with Crippen LogP contribution in [0.3, 0.4) is 0 Å². The lowest BCUT2D eigenvalue weighted by Gasteiger charge is -2.14. The van der Waals surface area contributed by atoms with Crippen molar-refractivity contribution in [2.24, 2.45) is 0 Å². The van der Waals surface area contributed by atoms with Crippen molar-refractivity contribution >= 4 is 32.3 Å². The molecule has 2 aromatic rings. The van der Waals surface area contributed by atoms with Crippen LogP contribution in [0.15, 0.2) is 52.6 Å². The molecule has 0 saturated carbocycles. The first kappa shape index (κ1) is 25.0. The SMILES string of the molecule is CC(C)c1ccc(-n2c3cssc-3c(NC(=O)c3cc(C(F)(F)F)cc(C(F)(F)F)c3)c2=O)cc1. The smallest absolute Gasteiger partial charge is 0.316 e. The number of amides is 1. The van der Waals surface area contributed by atoms with Gasteiger partial charge in [-0.05, 0) is 41.8 Å². The van der Waals surface area contributed by atoms with Gasteiger partial charge < -0.3 is 5.32 Å². The molecule has 1 N–H and O–H groups in total. The van der Waals surface area contributed by atoms with Gasteiger partial charge in [0.15, 0.2) is 0 Å². The minimum absolute atomic E-state index is 0.0632.